The summed E-state index contributed by atoms with van der Waals surface area (Å²) in [6.07, 6.45) is 1.36. The van der Waals surface area contributed by atoms with Crippen molar-refractivity contribution < 1.29 is 14.6 Å². The molecular formula is C26H35N3O3. The highest BCUT2D eigenvalue weighted by molar-refractivity contribution is 5.94. The molecule has 4 rings (SSSR count). The van der Waals surface area contributed by atoms with E-state index in [4.69, 9.17) is 4.74 Å². The lowest BCUT2D eigenvalue weighted by molar-refractivity contribution is -0.0882. The van der Waals surface area contributed by atoms with Crippen molar-refractivity contribution in [3.63, 3.8) is 0 Å². The Kier molecular flexibility index (Phi) is 7.26. The minimum atomic E-state index is -0.619. The molecule has 6 nitrogen and oxygen atoms in total. The van der Waals surface area contributed by atoms with Crippen LogP contribution in [0.4, 0.5) is 0 Å². The van der Waals surface area contributed by atoms with Gasteiger partial charge in [-0.2, -0.15) is 0 Å². The Morgan fingerprint density at radius 3 is 2.47 bits per heavy atom. The van der Waals surface area contributed by atoms with Crippen LogP contribution in [0.5, 0.6) is 0 Å². The monoisotopic (exact) mass is 437 g/mol. The molecule has 1 heterocycles. The van der Waals surface area contributed by atoms with Crippen molar-refractivity contribution in [3.05, 3.63) is 70.8 Å². The molecule has 2 aliphatic rings. The number of nitrogens with zero attached hydrogens (tertiary/aromatic N) is 1. The van der Waals surface area contributed by atoms with E-state index >= 15 is 0 Å². The van der Waals surface area contributed by atoms with E-state index in [1.165, 1.54) is 16.7 Å². The molecule has 172 valence electrons. The molecule has 6 heteroatoms. The van der Waals surface area contributed by atoms with Gasteiger partial charge in [0.25, 0.3) is 5.91 Å². The number of rotatable bonds is 8. The van der Waals surface area contributed by atoms with Gasteiger partial charge in [0.15, 0.2) is 0 Å². The van der Waals surface area contributed by atoms with Crippen molar-refractivity contribution >= 4 is 5.91 Å². The molecule has 3 N–H and O–H groups in total. The van der Waals surface area contributed by atoms with Crippen LogP contribution in [-0.2, 0) is 24.1 Å². The van der Waals surface area contributed by atoms with Gasteiger partial charge in [-0.05, 0) is 55.5 Å². The quantitative estimate of drug-likeness (QED) is 0.590. The van der Waals surface area contributed by atoms with Gasteiger partial charge in [-0.3, -0.25) is 9.69 Å². The number of carbonyl (C=O) groups is 1. The zero-order valence-corrected chi connectivity index (χ0v) is 19.1. The Hall–Kier alpha value is -2.25. The molecule has 0 unspecified atom stereocenters. The van der Waals surface area contributed by atoms with Crippen LogP contribution in [0, 0.1) is 0 Å². The maximum Gasteiger partial charge on any atom is 0.251 e. The van der Waals surface area contributed by atoms with E-state index in [0.717, 1.165) is 39.1 Å². The van der Waals surface area contributed by atoms with Gasteiger partial charge in [-0.25, -0.2) is 0 Å². The SMILES string of the molecule is CC1(C)CN(Cc2ccc(C(=O)NC[C@@H](O)CNC3Cc4ccccc4C3)cc2)CCO1. The highest BCUT2D eigenvalue weighted by Crippen LogP contribution is 2.21. The number of carbonyl (C=O) groups excluding carboxylic acids is 1. The third-order valence-corrected chi connectivity index (χ3v) is 6.32. The predicted octanol–water partition coefficient (Wildman–Crippen LogP) is 2.15. The minimum Gasteiger partial charge on any atom is -0.390 e. The summed E-state index contributed by atoms with van der Waals surface area (Å²) in [5.74, 6) is -0.156. The maximum atomic E-state index is 12.5. The summed E-state index contributed by atoms with van der Waals surface area (Å²) in [5.41, 5.74) is 4.45. The Morgan fingerprint density at radius 2 is 1.81 bits per heavy atom. The molecule has 1 fully saturated rings. The van der Waals surface area contributed by atoms with Crippen LogP contribution in [0.15, 0.2) is 48.5 Å². The van der Waals surface area contributed by atoms with Crippen molar-refractivity contribution in [2.24, 2.45) is 0 Å². The van der Waals surface area contributed by atoms with Crippen molar-refractivity contribution in [1.82, 2.24) is 15.5 Å². The fourth-order valence-corrected chi connectivity index (χ4v) is 4.66. The fourth-order valence-electron chi connectivity index (χ4n) is 4.66. The van der Waals surface area contributed by atoms with Gasteiger partial charge in [0.05, 0.1) is 18.3 Å². The summed E-state index contributed by atoms with van der Waals surface area (Å²) in [6, 6.07) is 16.6. The van der Waals surface area contributed by atoms with Gasteiger partial charge in [0, 0.05) is 44.3 Å². The maximum absolute atomic E-state index is 12.5. The molecule has 1 aliphatic carbocycles. The first-order chi connectivity index (χ1) is 15.4. The van der Waals surface area contributed by atoms with Gasteiger partial charge >= 0.3 is 0 Å². The molecule has 1 amide bonds. The Morgan fingerprint density at radius 1 is 1.12 bits per heavy atom. The van der Waals surface area contributed by atoms with Crippen LogP contribution in [0.1, 0.15) is 40.9 Å². The van der Waals surface area contributed by atoms with Crippen LogP contribution < -0.4 is 10.6 Å². The van der Waals surface area contributed by atoms with E-state index in [1.807, 2.05) is 24.3 Å². The molecule has 0 radical (unpaired) electrons. The van der Waals surface area contributed by atoms with E-state index in [1.54, 1.807) is 0 Å². The highest BCUT2D eigenvalue weighted by Gasteiger charge is 2.27. The van der Waals surface area contributed by atoms with Crippen LogP contribution in [0.25, 0.3) is 0 Å². The third kappa shape index (κ3) is 6.17. The molecule has 1 aliphatic heterocycles. The second-order valence-corrected chi connectivity index (χ2v) is 9.66. The van der Waals surface area contributed by atoms with E-state index in [9.17, 15) is 9.90 Å². The number of morpholine rings is 1. The lowest BCUT2D eigenvalue weighted by Crippen LogP contribution is -2.47. The van der Waals surface area contributed by atoms with E-state index < -0.39 is 6.10 Å². The normalized spacial score (nSPS) is 19.5. The Bertz CT molecular complexity index is 888. The van der Waals surface area contributed by atoms with Gasteiger partial charge in [-0.15, -0.1) is 0 Å². The molecule has 1 saturated heterocycles. The van der Waals surface area contributed by atoms with Crippen LogP contribution in [-0.4, -0.2) is 66.4 Å². The fraction of sp³-hybridized carbons (Fsp3) is 0.500. The zero-order valence-electron chi connectivity index (χ0n) is 19.1. The smallest absolute Gasteiger partial charge is 0.251 e. The second-order valence-electron chi connectivity index (χ2n) is 9.66. The van der Waals surface area contributed by atoms with E-state index in [2.05, 4.69) is 53.6 Å². The van der Waals surface area contributed by atoms with Crippen LogP contribution in [0.2, 0.25) is 0 Å². The predicted molar refractivity (Wildman–Crippen MR) is 126 cm³/mol. The van der Waals surface area contributed by atoms with Crippen molar-refractivity contribution in [2.45, 2.75) is 51.0 Å². The molecule has 2 aromatic carbocycles. The first-order valence-electron chi connectivity index (χ1n) is 11.6. The summed E-state index contributed by atoms with van der Waals surface area (Å²) >= 11 is 0. The standard InChI is InChI=1S/C26H35N3O3/c1-26(2)18-29(11-12-32-26)17-19-7-9-20(10-8-19)25(31)28-16-24(30)15-27-23-13-21-5-3-4-6-22(21)14-23/h3-10,23-24,27,30H,11-18H2,1-2H3,(H,28,31)/t24-/m0/s1. The number of amides is 1. The molecule has 2 aromatic rings. The Balaban J connectivity index is 1.18. The van der Waals surface area contributed by atoms with Crippen LogP contribution >= 0.6 is 0 Å². The molecular weight excluding hydrogens is 402 g/mol. The Labute approximate surface area is 191 Å². The second kappa shape index (κ2) is 10.1. The topological polar surface area (TPSA) is 73.8 Å². The van der Waals surface area contributed by atoms with Gasteiger partial charge in [0.2, 0.25) is 0 Å². The number of hydrogen-bond acceptors (Lipinski definition) is 5. The summed E-state index contributed by atoms with van der Waals surface area (Å²) in [7, 11) is 0. The lowest BCUT2D eigenvalue weighted by atomic mass is 10.1. The lowest BCUT2D eigenvalue weighted by Gasteiger charge is -2.38. The molecule has 0 aromatic heterocycles. The number of fused-ring (bicyclic) bond motifs is 1. The third-order valence-electron chi connectivity index (χ3n) is 6.32. The number of benzene rings is 2. The highest BCUT2D eigenvalue weighted by atomic mass is 16.5. The molecule has 0 spiro atoms. The first kappa shape index (κ1) is 22.9. The largest absolute Gasteiger partial charge is 0.390 e. The van der Waals surface area contributed by atoms with Crippen molar-refractivity contribution in [3.8, 4) is 0 Å². The number of ether oxygens (including phenoxy) is 1. The average Bonchev–Trinajstić information content (AvgIpc) is 3.19. The van der Waals surface area contributed by atoms with Gasteiger partial charge in [-0.1, -0.05) is 36.4 Å². The average molecular weight is 438 g/mol. The molecule has 0 saturated carbocycles. The van der Waals surface area contributed by atoms with E-state index in [0.29, 0.717) is 18.2 Å². The molecule has 32 heavy (non-hydrogen) atoms. The van der Waals surface area contributed by atoms with Crippen molar-refractivity contribution in [2.75, 3.05) is 32.8 Å². The number of aliphatic hydroxyl groups is 1. The van der Waals surface area contributed by atoms with Gasteiger partial charge in [0.1, 0.15) is 0 Å². The molecule has 0 bridgehead atoms. The number of aliphatic hydroxyl groups excluding tert-OH is 1. The van der Waals surface area contributed by atoms with E-state index in [-0.39, 0.29) is 18.1 Å². The zero-order chi connectivity index (χ0) is 22.6. The summed E-state index contributed by atoms with van der Waals surface area (Å²) in [5, 5.41) is 16.6. The number of hydrogen-bond donors (Lipinski definition) is 3. The number of nitrogens with one attached hydrogen (secondary N) is 2. The van der Waals surface area contributed by atoms with Gasteiger partial charge < -0.3 is 20.5 Å². The van der Waals surface area contributed by atoms with Crippen LogP contribution in [0.3, 0.4) is 0 Å². The van der Waals surface area contributed by atoms with Crippen molar-refractivity contribution in [1.29, 1.82) is 0 Å². The first-order valence-corrected chi connectivity index (χ1v) is 11.6. The minimum absolute atomic E-state index is 0.116. The summed E-state index contributed by atoms with van der Waals surface area (Å²) in [4.78, 5) is 14.9. The molecule has 1 atom stereocenters. The summed E-state index contributed by atoms with van der Waals surface area (Å²) < 4.78 is 5.77. The summed E-state index contributed by atoms with van der Waals surface area (Å²) in [6.45, 7) is 8.34.